The molecule has 1 heterocycles. The Balaban J connectivity index is 2.47. The summed E-state index contributed by atoms with van der Waals surface area (Å²) < 4.78 is 1.64. The third-order valence-electron chi connectivity index (χ3n) is 1.67. The van der Waals surface area contributed by atoms with Crippen LogP contribution in [0.4, 0.5) is 0 Å². The Hall–Kier alpha value is -0.990. The van der Waals surface area contributed by atoms with Gasteiger partial charge in [0.15, 0.2) is 0 Å². The lowest BCUT2D eigenvalue weighted by molar-refractivity contribution is 0.881. The van der Waals surface area contributed by atoms with Gasteiger partial charge in [-0.1, -0.05) is 23.2 Å². The van der Waals surface area contributed by atoms with Crippen molar-refractivity contribution in [3.8, 4) is 5.69 Å². The maximum absolute atomic E-state index is 5.88. The van der Waals surface area contributed by atoms with E-state index in [2.05, 4.69) is 5.10 Å². The molecule has 0 fully saturated rings. The predicted molar refractivity (Wildman–Crippen MR) is 53.6 cm³/mol. The average molecular weight is 213 g/mol. The summed E-state index contributed by atoms with van der Waals surface area (Å²) in [5.41, 5.74) is 0.902. The largest absolute Gasteiger partial charge is 0.222 e. The summed E-state index contributed by atoms with van der Waals surface area (Å²) in [6.45, 7) is 0. The monoisotopic (exact) mass is 212 g/mol. The fourth-order valence-corrected chi connectivity index (χ4v) is 1.38. The van der Waals surface area contributed by atoms with Crippen LogP contribution in [-0.2, 0) is 0 Å². The summed E-state index contributed by atoms with van der Waals surface area (Å²) in [6, 6.07) is 9.06. The third-order valence-corrected chi connectivity index (χ3v) is 2.21. The second-order valence-electron chi connectivity index (χ2n) is 2.54. The minimum Gasteiger partial charge on any atom is -0.222 e. The Labute approximate surface area is 85.7 Å². The molecular weight excluding hydrogens is 207 g/mol. The highest BCUT2D eigenvalue weighted by atomic mass is 35.5. The Bertz CT molecular complexity index is 406. The minimum atomic E-state index is 0.585. The first kappa shape index (κ1) is 8.60. The molecule has 0 bridgehead atoms. The van der Waals surface area contributed by atoms with Gasteiger partial charge in [0.2, 0.25) is 0 Å². The van der Waals surface area contributed by atoms with Gasteiger partial charge in [-0.3, -0.25) is 0 Å². The number of halogens is 2. The molecule has 0 unspecified atom stereocenters. The molecule has 2 rings (SSSR count). The van der Waals surface area contributed by atoms with Gasteiger partial charge in [-0.25, -0.2) is 4.68 Å². The van der Waals surface area contributed by atoms with Gasteiger partial charge >= 0.3 is 0 Å². The molecule has 13 heavy (non-hydrogen) atoms. The molecule has 2 aromatic rings. The van der Waals surface area contributed by atoms with Crippen molar-refractivity contribution in [2.24, 2.45) is 0 Å². The zero-order valence-corrected chi connectivity index (χ0v) is 8.13. The standard InChI is InChI=1S/C9H6Cl2N2/c10-7-1-3-8(4-2-7)13-9(11)5-6-12-13/h1-6H. The van der Waals surface area contributed by atoms with Crippen molar-refractivity contribution in [3.05, 3.63) is 46.7 Å². The van der Waals surface area contributed by atoms with E-state index >= 15 is 0 Å². The molecule has 0 saturated heterocycles. The van der Waals surface area contributed by atoms with Crippen LogP contribution in [0.5, 0.6) is 0 Å². The number of aromatic nitrogens is 2. The maximum atomic E-state index is 5.88. The molecule has 1 aromatic carbocycles. The summed E-state index contributed by atoms with van der Waals surface area (Å²) in [6.07, 6.45) is 1.65. The number of hydrogen-bond donors (Lipinski definition) is 0. The van der Waals surface area contributed by atoms with E-state index in [0.717, 1.165) is 5.69 Å². The summed E-state index contributed by atoms with van der Waals surface area (Å²) in [4.78, 5) is 0. The average Bonchev–Trinajstić information content (AvgIpc) is 2.53. The number of benzene rings is 1. The molecule has 0 amide bonds. The Morgan fingerprint density at radius 1 is 1.00 bits per heavy atom. The van der Waals surface area contributed by atoms with E-state index in [9.17, 15) is 0 Å². The fourth-order valence-electron chi connectivity index (χ4n) is 1.06. The first-order valence-corrected chi connectivity index (χ1v) is 4.48. The Kier molecular flexibility index (Phi) is 2.25. The Morgan fingerprint density at radius 2 is 1.69 bits per heavy atom. The first-order chi connectivity index (χ1) is 6.27. The zero-order valence-electron chi connectivity index (χ0n) is 6.61. The van der Waals surface area contributed by atoms with Crippen LogP contribution in [0.25, 0.3) is 5.69 Å². The van der Waals surface area contributed by atoms with Crippen molar-refractivity contribution in [1.82, 2.24) is 9.78 Å². The molecule has 0 spiro atoms. The number of rotatable bonds is 1. The van der Waals surface area contributed by atoms with Crippen LogP contribution in [0, 0.1) is 0 Å². The molecule has 0 atom stereocenters. The van der Waals surface area contributed by atoms with E-state index in [1.165, 1.54) is 0 Å². The molecular formula is C9H6Cl2N2. The van der Waals surface area contributed by atoms with Crippen LogP contribution >= 0.6 is 23.2 Å². The fraction of sp³-hybridized carbons (Fsp3) is 0. The van der Waals surface area contributed by atoms with Crippen LogP contribution < -0.4 is 0 Å². The molecule has 66 valence electrons. The maximum Gasteiger partial charge on any atom is 0.132 e. The summed E-state index contributed by atoms with van der Waals surface area (Å²) in [5, 5.41) is 5.34. The van der Waals surface area contributed by atoms with Crippen molar-refractivity contribution >= 4 is 23.2 Å². The van der Waals surface area contributed by atoms with E-state index < -0.39 is 0 Å². The van der Waals surface area contributed by atoms with Gasteiger partial charge in [0, 0.05) is 5.02 Å². The van der Waals surface area contributed by atoms with Crippen molar-refractivity contribution < 1.29 is 0 Å². The van der Waals surface area contributed by atoms with Crippen LogP contribution in [0.3, 0.4) is 0 Å². The van der Waals surface area contributed by atoms with E-state index in [1.54, 1.807) is 29.1 Å². The molecule has 0 radical (unpaired) electrons. The van der Waals surface area contributed by atoms with Crippen molar-refractivity contribution in [2.75, 3.05) is 0 Å². The van der Waals surface area contributed by atoms with E-state index in [4.69, 9.17) is 23.2 Å². The first-order valence-electron chi connectivity index (χ1n) is 3.73. The highest BCUT2D eigenvalue weighted by molar-refractivity contribution is 6.30. The summed E-state index contributed by atoms with van der Waals surface area (Å²) in [7, 11) is 0. The van der Waals surface area contributed by atoms with Crippen molar-refractivity contribution in [3.63, 3.8) is 0 Å². The van der Waals surface area contributed by atoms with Crippen molar-refractivity contribution in [1.29, 1.82) is 0 Å². The molecule has 2 nitrogen and oxygen atoms in total. The summed E-state index contributed by atoms with van der Waals surface area (Å²) >= 11 is 11.6. The lowest BCUT2D eigenvalue weighted by Crippen LogP contribution is -1.94. The molecule has 4 heteroatoms. The molecule has 0 aliphatic heterocycles. The van der Waals surface area contributed by atoms with Gasteiger partial charge in [0.05, 0.1) is 11.9 Å². The highest BCUT2D eigenvalue weighted by Gasteiger charge is 2.00. The lowest BCUT2D eigenvalue weighted by Gasteiger charge is -2.01. The molecule has 1 aromatic heterocycles. The quantitative estimate of drug-likeness (QED) is 0.711. The molecule has 0 aliphatic rings. The van der Waals surface area contributed by atoms with Crippen LogP contribution in [-0.4, -0.2) is 9.78 Å². The van der Waals surface area contributed by atoms with E-state index in [0.29, 0.717) is 10.2 Å². The van der Waals surface area contributed by atoms with Crippen LogP contribution in [0.2, 0.25) is 10.2 Å². The molecule has 0 saturated carbocycles. The van der Waals surface area contributed by atoms with E-state index in [1.807, 2.05) is 12.1 Å². The number of nitrogens with zero attached hydrogens (tertiary/aromatic N) is 2. The van der Waals surface area contributed by atoms with Crippen molar-refractivity contribution in [2.45, 2.75) is 0 Å². The second-order valence-corrected chi connectivity index (χ2v) is 3.37. The second kappa shape index (κ2) is 3.40. The zero-order chi connectivity index (χ0) is 9.26. The van der Waals surface area contributed by atoms with Crippen LogP contribution in [0.15, 0.2) is 36.5 Å². The lowest BCUT2D eigenvalue weighted by atomic mass is 10.3. The van der Waals surface area contributed by atoms with Gasteiger partial charge in [-0.2, -0.15) is 5.10 Å². The molecule has 0 N–H and O–H groups in total. The van der Waals surface area contributed by atoms with Gasteiger partial charge in [0.1, 0.15) is 5.15 Å². The predicted octanol–water partition coefficient (Wildman–Crippen LogP) is 3.18. The minimum absolute atomic E-state index is 0.585. The third kappa shape index (κ3) is 1.69. The van der Waals surface area contributed by atoms with Gasteiger partial charge in [-0.15, -0.1) is 0 Å². The smallest absolute Gasteiger partial charge is 0.132 e. The summed E-state index contributed by atoms with van der Waals surface area (Å²) in [5.74, 6) is 0. The van der Waals surface area contributed by atoms with Crippen LogP contribution in [0.1, 0.15) is 0 Å². The van der Waals surface area contributed by atoms with Gasteiger partial charge in [0.25, 0.3) is 0 Å². The Morgan fingerprint density at radius 3 is 2.23 bits per heavy atom. The van der Waals surface area contributed by atoms with E-state index in [-0.39, 0.29) is 0 Å². The van der Waals surface area contributed by atoms with Gasteiger partial charge in [-0.05, 0) is 30.3 Å². The molecule has 0 aliphatic carbocycles. The topological polar surface area (TPSA) is 17.8 Å². The van der Waals surface area contributed by atoms with Gasteiger partial charge < -0.3 is 0 Å². The number of hydrogen-bond acceptors (Lipinski definition) is 1. The SMILES string of the molecule is Clc1ccc(-n2nccc2Cl)cc1. The highest BCUT2D eigenvalue weighted by Crippen LogP contribution is 2.16. The normalized spacial score (nSPS) is 10.3.